The lowest BCUT2D eigenvalue weighted by molar-refractivity contribution is 0.242. The Labute approximate surface area is 136 Å². The minimum absolute atomic E-state index is 0.830. The minimum atomic E-state index is 0.830. The molecule has 0 amide bonds. The Morgan fingerprint density at radius 1 is 1.13 bits per heavy atom. The van der Waals surface area contributed by atoms with E-state index in [0.717, 1.165) is 63.3 Å². The Kier molecular flexibility index (Phi) is 5.02. The van der Waals surface area contributed by atoms with E-state index in [-0.39, 0.29) is 0 Å². The fourth-order valence-electron chi connectivity index (χ4n) is 2.73. The van der Waals surface area contributed by atoms with E-state index in [0.29, 0.717) is 0 Å². The lowest BCUT2D eigenvalue weighted by Crippen LogP contribution is -2.47. The highest BCUT2D eigenvalue weighted by molar-refractivity contribution is 5.43. The predicted octanol–water partition coefficient (Wildman–Crippen LogP) is 0.631. The van der Waals surface area contributed by atoms with E-state index in [1.807, 2.05) is 23.9 Å². The molecule has 3 rings (SSSR count). The maximum Gasteiger partial charge on any atom is 0.227 e. The van der Waals surface area contributed by atoms with Crippen molar-refractivity contribution >= 4 is 11.8 Å². The van der Waals surface area contributed by atoms with Crippen LogP contribution in [0.3, 0.4) is 0 Å². The van der Waals surface area contributed by atoms with Crippen LogP contribution in [0.25, 0.3) is 0 Å². The molecule has 0 aliphatic carbocycles. The van der Waals surface area contributed by atoms with Crippen LogP contribution in [-0.2, 0) is 6.54 Å². The van der Waals surface area contributed by atoms with Crippen LogP contribution in [0.1, 0.15) is 12.6 Å². The molecule has 8 heteroatoms. The van der Waals surface area contributed by atoms with E-state index >= 15 is 0 Å². The van der Waals surface area contributed by atoms with Gasteiger partial charge >= 0.3 is 0 Å². The van der Waals surface area contributed by atoms with Gasteiger partial charge in [-0.15, -0.1) is 5.10 Å². The molecule has 0 unspecified atom stereocenters. The van der Waals surface area contributed by atoms with Gasteiger partial charge < -0.3 is 10.2 Å². The highest BCUT2D eigenvalue weighted by Gasteiger charge is 2.19. The topological polar surface area (TPSA) is 75.0 Å². The van der Waals surface area contributed by atoms with Gasteiger partial charge in [0.25, 0.3) is 0 Å². The predicted molar refractivity (Wildman–Crippen MR) is 89.6 cm³/mol. The van der Waals surface area contributed by atoms with Crippen LogP contribution in [0, 0.1) is 6.92 Å². The largest absolute Gasteiger partial charge is 0.370 e. The summed E-state index contributed by atoms with van der Waals surface area (Å²) < 4.78 is 1.87. The van der Waals surface area contributed by atoms with Crippen molar-refractivity contribution in [2.45, 2.75) is 20.4 Å². The van der Waals surface area contributed by atoms with Gasteiger partial charge in [-0.25, -0.2) is 4.98 Å². The second-order valence-electron chi connectivity index (χ2n) is 5.72. The lowest BCUT2D eigenvalue weighted by atomic mass is 10.3. The molecule has 23 heavy (non-hydrogen) atoms. The first kappa shape index (κ1) is 15.7. The Morgan fingerprint density at radius 3 is 2.65 bits per heavy atom. The lowest BCUT2D eigenvalue weighted by Gasteiger charge is -2.34. The number of anilines is 2. The van der Waals surface area contributed by atoms with E-state index in [4.69, 9.17) is 0 Å². The molecule has 1 aliphatic heterocycles. The zero-order chi connectivity index (χ0) is 16.1. The first-order chi connectivity index (χ1) is 11.2. The summed E-state index contributed by atoms with van der Waals surface area (Å²) >= 11 is 0. The minimum Gasteiger partial charge on any atom is -0.370 e. The summed E-state index contributed by atoms with van der Waals surface area (Å²) in [4.78, 5) is 13.9. The Bertz CT molecular complexity index is 604. The molecule has 0 radical (unpaired) electrons. The van der Waals surface area contributed by atoms with Gasteiger partial charge in [0, 0.05) is 57.2 Å². The normalized spacial score (nSPS) is 15.8. The molecule has 0 spiro atoms. The quantitative estimate of drug-likeness (QED) is 0.838. The zero-order valence-corrected chi connectivity index (χ0v) is 13.8. The summed E-state index contributed by atoms with van der Waals surface area (Å²) in [6.07, 6.45) is 3.62. The molecule has 0 saturated carbocycles. The number of aromatic nitrogens is 5. The number of nitrogens with one attached hydrogen (secondary N) is 1. The van der Waals surface area contributed by atoms with Crippen molar-refractivity contribution in [1.29, 1.82) is 0 Å². The second-order valence-corrected chi connectivity index (χ2v) is 5.72. The Balaban J connectivity index is 1.54. The second kappa shape index (κ2) is 7.36. The van der Waals surface area contributed by atoms with E-state index < -0.39 is 0 Å². The van der Waals surface area contributed by atoms with E-state index in [1.165, 1.54) is 0 Å². The van der Waals surface area contributed by atoms with E-state index in [9.17, 15) is 0 Å². The Morgan fingerprint density at radius 2 is 1.96 bits per heavy atom. The fraction of sp³-hybridized carbons (Fsp3) is 0.600. The highest BCUT2D eigenvalue weighted by atomic mass is 15.4. The summed E-state index contributed by atoms with van der Waals surface area (Å²) in [6, 6.07) is 1.99. The van der Waals surface area contributed by atoms with Gasteiger partial charge in [0.2, 0.25) is 5.95 Å². The third kappa shape index (κ3) is 4.16. The van der Waals surface area contributed by atoms with E-state index in [1.54, 1.807) is 6.20 Å². The fourth-order valence-corrected chi connectivity index (χ4v) is 2.73. The van der Waals surface area contributed by atoms with Crippen LogP contribution in [0.5, 0.6) is 0 Å². The van der Waals surface area contributed by atoms with Crippen LogP contribution >= 0.6 is 0 Å². The van der Waals surface area contributed by atoms with Crippen LogP contribution in [0.15, 0.2) is 18.5 Å². The standard InChI is InChI=1S/C15H24N8/c1-3-16-14-12-13(2)18-15(19-14)22-9-6-21(7-10-22)8-11-23-5-4-17-20-23/h4-5,12H,3,6-11H2,1-2H3,(H,16,18,19). The maximum absolute atomic E-state index is 4.62. The van der Waals surface area contributed by atoms with Crippen molar-refractivity contribution in [2.24, 2.45) is 0 Å². The zero-order valence-electron chi connectivity index (χ0n) is 13.8. The molecule has 1 aliphatic rings. The molecule has 0 atom stereocenters. The SMILES string of the molecule is CCNc1cc(C)nc(N2CCN(CCn3ccnn3)CC2)n1. The van der Waals surface area contributed by atoms with Gasteiger partial charge in [-0.05, 0) is 13.8 Å². The number of rotatable bonds is 6. The molecule has 1 fully saturated rings. The van der Waals surface area contributed by atoms with Crippen molar-refractivity contribution in [3.63, 3.8) is 0 Å². The molecule has 3 heterocycles. The first-order valence-corrected chi connectivity index (χ1v) is 8.15. The Hall–Kier alpha value is -2.22. The number of aryl methyl sites for hydroxylation is 1. The number of piperazine rings is 1. The van der Waals surface area contributed by atoms with Gasteiger partial charge in [-0.3, -0.25) is 9.58 Å². The third-order valence-corrected chi connectivity index (χ3v) is 3.97. The monoisotopic (exact) mass is 316 g/mol. The summed E-state index contributed by atoms with van der Waals surface area (Å²) in [5, 5.41) is 11.1. The van der Waals surface area contributed by atoms with Crippen LogP contribution in [-0.4, -0.2) is 69.1 Å². The van der Waals surface area contributed by atoms with Crippen LogP contribution in [0.2, 0.25) is 0 Å². The van der Waals surface area contributed by atoms with Crippen molar-refractivity contribution in [2.75, 3.05) is 49.5 Å². The van der Waals surface area contributed by atoms with Crippen LogP contribution < -0.4 is 10.2 Å². The van der Waals surface area contributed by atoms with Gasteiger partial charge in [0.1, 0.15) is 5.82 Å². The third-order valence-electron chi connectivity index (χ3n) is 3.97. The summed E-state index contributed by atoms with van der Waals surface area (Å²) in [6.45, 7) is 10.8. The molecule has 124 valence electrons. The average molecular weight is 316 g/mol. The molecular weight excluding hydrogens is 292 g/mol. The van der Waals surface area contributed by atoms with Crippen molar-refractivity contribution in [3.05, 3.63) is 24.2 Å². The van der Waals surface area contributed by atoms with Crippen molar-refractivity contribution in [3.8, 4) is 0 Å². The summed E-state index contributed by atoms with van der Waals surface area (Å²) in [5.74, 6) is 1.74. The molecule has 1 saturated heterocycles. The molecule has 0 aromatic carbocycles. The van der Waals surface area contributed by atoms with Gasteiger partial charge in [-0.2, -0.15) is 4.98 Å². The smallest absolute Gasteiger partial charge is 0.227 e. The molecule has 1 N–H and O–H groups in total. The van der Waals surface area contributed by atoms with Crippen LogP contribution in [0.4, 0.5) is 11.8 Å². The average Bonchev–Trinajstić information content (AvgIpc) is 3.07. The maximum atomic E-state index is 4.62. The van der Waals surface area contributed by atoms with Gasteiger partial charge in [0.05, 0.1) is 12.7 Å². The van der Waals surface area contributed by atoms with E-state index in [2.05, 4.69) is 42.3 Å². The first-order valence-electron chi connectivity index (χ1n) is 8.15. The number of hydrogen-bond donors (Lipinski definition) is 1. The molecule has 0 bridgehead atoms. The van der Waals surface area contributed by atoms with Crippen molar-refractivity contribution < 1.29 is 0 Å². The number of nitrogens with zero attached hydrogens (tertiary/aromatic N) is 7. The molecule has 2 aromatic heterocycles. The molecular formula is C15H24N8. The summed E-state index contributed by atoms with van der Waals surface area (Å²) in [7, 11) is 0. The summed E-state index contributed by atoms with van der Waals surface area (Å²) in [5.41, 5.74) is 1.000. The number of hydrogen-bond acceptors (Lipinski definition) is 7. The van der Waals surface area contributed by atoms with Gasteiger partial charge in [-0.1, -0.05) is 5.21 Å². The van der Waals surface area contributed by atoms with Gasteiger partial charge in [0.15, 0.2) is 0 Å². The highest BCUT2D eigenvalue weighted by Crippen LogP contribution is 2.15. The molecule has 8 nitrogen and oxygen atoms in total. The van der Waals surface area contributed by atoms with Crippen molar-refractivity contribution in [1.82, 2.24) is 29.9 Å². The molecule has 2 aromatic rings.